The zero-order valence-electron chi connectivity index (χ0n) is 10.8. The Balaban J connectivity index is 2.28. The van der Waals surface area contributed by atoms with Gasteiger partial charge in [-0.25, -0.2) is 0 Å². The van der Waals surface area contributed by atoms with Crippen molar-refractivity contribution in [1.82, 2.24) is 0 Å². The van der Waals surface area contributed by atoms with Crippen molar-refractivity contribution < 1.29 is 4.79 Å². The highest BCUT2D eigenvalue weighted by atomic mass is 35.5. The van der Waals surface area contributed by atoms with Crippen LogP contribution in [0.15, 0.2) is 36.4 Å². The van der Waals surface area contributed by atoms with Crippen molar-refractivity contribution in [1.29, 1.82) is 0 Å². The molecule has 0 amide bonds. The predicted molar refractivity (Wildman–Crippen MR) is 80.4 cm³/mol. The third-order valence-corrected chi connectivity index (χ3v) is 3.69. The topological polar surface area (TPSA) is 17.1 Å². The van der Waals surface area contributed by atoms with Crippen LogP contribution in [0.3, 0.4) is 0 Å². The smallest absolute Gasteiger partial charge is 0.168 e. The largest absolute Gasteiger partial charge is 0.294 e. The third kappa shape index (κ3) is 3.37. The lowest BCUT2D eigenvalue weighted by Gasteiger charge is -2.08. The van der Waals surface area contributed by atoms with E-state index in [1.165, 1.54) is 0 Å². The van der Waals surface area contributed by atoms with Gasteiger partial charge in [0.15, 0.2) is 5.78 Å². The zero-order valence-corrected chi connectivity index (χ0v) is 12.3. The summed E-state index contributed by atoms with van der Waals surface area (Å²) in [6, 6.07) is 11.0. The van der Waals surface area contributed by atoms with Crippen molar-refractivity contribution in [2.45, 2.75) is 20.3 Å². The number of hydrogen-bond donors (Lipinski definition) is 0. The average molecular weight is 293 g/mol. The molecule has 0 spiro atoms. The Labute approximate surface area is 123 Å². The van der Waals surface area contributed by atoms with Crippen LogP contribution < -0.4 is 0 Å². The molecule has 2 aromatic rings. The van der Waals surface area contributed by atoms with Gasteiger partial charge in [0, 0.05) is 17.0 Å². The summed E-state index contributed by atoms with van der Waals surface area (Å²) in [5.74, 6) is 0.00960. The van der Waals surface area contributed by atoms with Gasteiger partial charge in [0.25, 0.3) is 0 Å². The number of hydrogen-bond acceptors (Lipinski definition) is 1. The van der Waals surface area contributed by atoms with Crippen molar-refractivity contribution in [3.63, 3.8) is 0 Å². The van der Waals surface area contributed by atoms with Crippen LogP contribution in [-0.4, -0.2) is 5.78 Å². The van der Waals surface area contributed by atoms with Crippen molar-refractivity contribution in [3.8, 4) is 0 Å². The van der Waals surface area contributed by atoms with Gasteiger partial charge < -0.3 is 0 Å². The van der Waals surface area contributed by atoms with E-state index in [1.54, 1.807) is 12.1 Å². The fourth-order valence-electron chi connectivity index (χ4n) is 1.92. The second-order valence-corrected chi connectivity index (χ2v) is 5.49. The third-order valence-electron chi connectivity index (χ3n) is 3.14. The second kappa shape index (κ2) is 5.77. The first-order chi connectivity index (χ1) is 8.97. The summed E-state index contributed by atoms with van der Waals surface area (Å²) in [7, 11) is 0. The van der Waals surface area contributed by atoms with E-state index >= 15 is 0 Å². The quantitative estimate of drug-likeness (QED) is 0.725. The van der Waals surface area contributed by atoms with E-state index in [9.17, 15) is 4.79 Å². The van der Waals surface area contributed by atoms with Gasteiger partial charge in [-0.15, -0.1) is 0 Å². The minimum absolute atomic E-state index is 0.00960. The van der Waals surface area contributed by atoms with E-state index in [4.69, 9.17) is 23.2 Å². The zero-order chi connectivity index (χ0) is 14.0. The molecule has 0 aliphatic carbocycles. The molecule has 0 unspecified atom stereocenters. The van der Waals surface area contributed by atoms with Crippen LogP contribution in [0.25, 0.3) is 0 Å². The summed E-state index contributed by atoms with van der Waals surface area (Å²) in [4.78, 5) is 12.3. The maximum absolute atomic E-state index is 12.3. The molecule has 0 atom stereocenters. The van der Waals surface area contributed by atoms with Gasteiger partial charge in [-0.05, 0) is 54.8 Å². The lowest BCUT2D eigenvalue weighted by atomic mass is 9.99. The maximum atomic E-state index is 12.3. The van der Waals surface area contributed by atoms with E-state index in [1.807, 2.05) is 38.1 Å². The Kier molecular flexibility index (Phi) is 4.28. The SMILES string of the molecule is Cc1cc(Cl)c(C(=O)Cc2cccc(Cl)c2)cc1C. The number of carbonyl (C=O) groups is 1. The van der Waals surface area contributed by atoms with Crippen LogP contribution in [0.5, 0.6) is 0 Å². The number of benzene rings is 2. The van der Waals surface area contributed by atoms with E-state index in [0.29, 0.717) is 22.0 Å². The summed E-state index contributed by atoms with van der Waals surface area (Å²) >= 11 is 12.1. The number of ketones is 1. The summed E-state index contributed by atoms with van der Waals surface area (Å²) in [6.45, 7) is 3.95. The van der Waals surface area contributed by atoms with E-state index in [-0.39, 0.29) is 5.78 Å². The Morgan fingerprint density at radius 3 is 2.42 bits per heavy atom. The molecule has 2 aromatic carbocycles. The molecule has 1 nitrogen and oxygen atoms in total. The Hall–Kier alpha value is -1.31. The van der Waals surface area contributed by atoms with Crippen molar-refractivity contribution in [2.75, 3.05) is 0 Å². The molecule has 98 valence electrons. The fraction of sp³-hybridized carbons (Fsp3) is 0.188. The van der Waals surface area contributed by atoms with Gasteiger partial charge in [0.05, 0.1) is 5.02 Å². The van der Waals surface area contributed by atoms with Gasteiger partial charge in [-0.2, -0.15) is 0 Å². The standard InChI is InChI=1S/C16H14Cl2O/c1-10-6-14(15(18)7-11(10)2)16(19)9-12-4-3-5-13(17)8-12/h3-8H,9H2,1-2H3. The van der Waals surface area contributed by atoms with Gasteiger partial charge >= 0.3 is 0 Å². The number of aryl methyl sites for hydroxylation is 2. The lowest BCUT2D eigenvalue weighted by Crippen LogP contribution is -2.05. The fourth-order valence-corrected chi connectivity index (χ4v) is 2.46. The molecular weight excluding hydrogens is 279 g/mol. The first-order valence-electron chi connectivity index (χ1n) is 6.02. The molecule has 2 rings (SSSR count). The highest BCUT2D eigenvalue weighted by Gasteiger charge is 2.12. The molecule has 0 aromatic heterocycles. The van der Waals surface area contributed by atoms with E-state index in [0.717, 1.165) is 16.7 Å². The Bertz CT molecular complexity index is 633. The van der Waals surface area contributed by atoms with Gasteiger partial charge in [0.1, 0.15) is 0 Å². The van der Waals surface area contributed by atoms with E-state index < -0.39 is 0 Å². The minimum atomic E-state index is 0.00960. The molecule has 0 radical (unpaired) electrons. The molecule has 0 saturated heterocycles. The molecule has 3 heteroatoms. The predicted octanol–water partition coefficient (Wildman–Crippen LogP) is 5.04. The van der Waals surface area contributed by atoms with Crippen LogP contribution in [0, 0.1) is 13.8 Å². The molecule has 19 heavy (non-hydrogen) atoms. The van der Waals surface area contributed by atoms with Crippen LogP contribution in [0.1, 0.15) is 27.0 Å². The number of rotatable bonds is 3. The van der Waals surface area contributed by atoms with Crippen LogP contribution in [-0.2, 0) is 6.42 Å². The number of Topliss-reactive ketones (excluding diaryl/α,β-unsaturated/α-hetero) is 1. The van der Waals surface area contributed by atoms with Crippen LogP contribution in [0.2, 0.25) is 10.0 Å². The Morgan fingerprint density at radius 2 is 1.74 bits per heavy atom. The van der Waals surface area contributed by atoms with Crippen molar-refractivity contribution >= 4 is 29.0 Å². The maximum Gasteiger partial charge on any atom is 0.168 e. The minimum Gasteiger partial charge on any atom is -0.294 e. The molecule has 0 saturated carbocycles. The molecule has 0 heterocycles. The first-order valence-corrected chi connectivity index (χ1v) is 6.77. The number of carbonyl (C=O) groups excluding carboxylic acids is 1. The van der Waals surface area contributed by atoms with Gasteiger partial charge in [-0.1, -0.05) is 35.3 Å². The van der Waals surface area contributed by atoms with E-state index in [2.05, 4.69) is 0 Å². The number of halogens is 2. The second-order valence-electron chi connectivity index (χ2n) is 4.65. The van der Waals surface area contributed by atoms with Crippen LogP contribution >= 0.6 is 23.2 Å². The van der Waals surface area contributed by atoms with Gasteiger partial charge in [-0.3, -0.25) is 4.79 Å². The van der Waals surface area contributed by atoms with Gasteiger partial charge in [0.2, 0.25) is 0 Å². The first kappa shape index (κ1) is 14.1. The summed E-state index contributed by atoms with van der Waals surface area (Å²) in [5.41, 5.74) is 3.62. The molecule has 0 aliphatic heterocycles. The van der Waals surface area contributed by atoms with Crippen LogP contribution in [0.4, 0.5) is 0 Å². The molecule has 0 fully saturated rings. The molecule has 0 N–H and O–H groups in total. The molecule has 0 aliphatic rings. The highest BCUT2D eigenvalue weighted by Crippen LogP contribution is 2.23. The summed E-state index contributed by atoms with van der Waals surface area (Å²) < 4.78 is 0. The average Bonchev–Trinajstić information content (AvgIpc) is 2.33. The monoisotopic (exact) mass is 292 g/mol. The molecular formula is C16H14Cl2O. The highest BCUT2D eigenvalue weighted by molar-refractivity contribution is 6.34. The lowest BCUT2D eigenvalue weighted by molar-refractivity contribution is 0.0993. The summed E-state index contributed by atoms with van der Waals surface area (Å²) in [5, 5.41) is 1.15. The summed E-state index contributed by atoms with van der Waals surface area (Å²) in [6.07, 6.45) is 0.308. The molecule has 0 bridgehead atoms. The Morgan fingerprint density at radius 1 is 1.05 bits per heavy atom. The normalized spacial score (nSPS) is 10.5. The van der Waals surface area contributed by atoms with Crippen molar-refractivity contribution in [3.05, 3.63) is 68.7 Å². The van der Waals surface area contributed by atoms with Crippen molar-refractivity contribution in [2.24, 2.45) is 0 Å².